The Balaban J connectivity index is 1.71. The van der Waals surface area contributed by atoms with Crippen LogP contribution < -0.4 is 11.1 Å². The van der Waals surface area contributed by atoms with Gasteiger partial charge in [0.1, 0.15) is 6.54 Å². The largest absolute Gasteiger partial charge is 0.326 e. The van der Waals surface area contributed by atoms with Crippen molar-refractivity contribution < 1.29 is 4.79 Å². The Morgan fingerprint density at radius 1 is 1.14 bits per heavy atom. The monoisotopic (exact) mass is 280 g/mol. The smallest absolute Gasteiger partial charge is 0.244 e. The van der Waals surface area contributed by atoms with Gasteiger partial charge in [-0.15, -0.1) is 0 Å². The molecule has 1 amide bonds. The highest BCUT2D eigenvalue weighted by molar-refractivity contribution is 5.91. The standard InChI is InChI=1S/C16H16N4O/c17-9-12-5-7-13(8-6-12)19-16(21)10-20-11-18-14-3-1-2-4-15(14)20/h1-8,11H,9-10,17H2,(H,19,21). The van der Waals surface area contributed by atoms with E-state index in [-0.39, 0.29) is 12.5 Å². The fourth-order valence-electron chi connectivity index (χ4n) is 2.22. The first-order chi connectivity index (χ1) is 10.3. The van der Waals surface area contributed by atoms with Crippen molar-refractivity contribution in [2.45, 2.75) is 13.1 Å². The van der Waals surface area contributed by atoms with Gasteiger partial charge in [-0.1, -0.05) is 24.3 Å². The van der Waals surface area contributed by atoms with Gasteiger partial charge in [0.2, 0.25) is 5.91 Å². The molecule has 3 N–H and O–H groups in total. The van der Waals surface area contributed by atoms with Crippen LogP contribution in [0.4, 0.5) is 5.69 Å². The second-order valence-corrected chi connectivity index (χ2v) is 4.81. The molecule has 0 saturated carbocycles. The molecule has 0 radical (unpaired) electrons. The van der Waals surface area contributed by atoms with Crippen molar-refractivity contribution in [1.82, 2.24) is 9.55 Å². The second kappa shape index (κ2) is 5.76. The maximum Gasteiger partial charge on any atom is 0.244 e. The molecule has 2 aromatic carbocycles. The van der Waals surface area contributed by atoms with Crippen LogP contribution in [0.1, 0.15) is 5.56 Å². The Kier molecular flexibility index (Phi) is 3.66. The average Bonchev–Trinajstić information content (AvgIpc) is 2.91. The van der Waals surface area contributed by atoms with Gasteiger partial charge in [-0.2, -0.15) is 0 Å². The molecule has 21 heavy (non-hydrogen) atoms. The van der Waals surface area contributed by atoms with E-state index in [4.69, 9.17) is 5.73 Å². The summed E-state index contributed by atoms with van der Waals surface area (Å²) in [6.07, 6.45) is 1.68. The van der Waals surface area contributed by atoms with Gasteiger partial charge in [-0.3, -0.25) is 4.79 Å². The quantitative estimate of drug-likeness (QED) is 0.769. The zero-order valence-corrected chi connectivity index (χ0v) is 11.5. The summed E-state index contributed by atoms with van der Waals surface area (Å²) in [5.41, 5.74) is 9.18. The molecular formula is C16H16N4O. The molecule has 0 atom stereocenters. The molecule has 3 aromatic rings. The first-order valence-corrected chi connectivity index (χ1v) is 6.75. The number of rotatable bonds is 4. The third-order valence-corrected chi connectivity index (χ3v) is 3.31. The van der Waals surface area contributed by atoms with Crippen LogP contribution >= 0.6 is 0 Å². The summed E-state index contributed by atoms with van der Waals surface area (Å²) in [5.74, 6) is -0.0846. The van der Waals surface area contributed by atoms with Crippen molar-refractivity contribution in [1.29, 1.82) is 0 Å². The Bertz CT molecular complexity index is 761. The highest BCUT2D eigenvalue weighted by Gasteiger charge is 2.07. The fraction of sp³-hybridized carbons (Fsp3) is 0.125. The predicted molar refractivity (Wildman–Crippen MR) is 82.7 cm³/mol. The van der Waals surface area contributed by atoms with Crippen molar-refractivity contribution >= 4 is 22.6 Å². The summed E-state index contributed by atoms with van der Waals surface area (Å²) in [6, 6.07) is 15.3. The number of carbonyl (C=O) groups is 1. The summed E-state index contributed by atoms with van der Waals surface area (Å²) in [4.78, 5) is 16.4. The number of nitrogens with zero attached hydrogens (tertiary/aromatic N) is 2. The minimum atomic E-state index is -0.0846. The van der Waals surface area contributed by atoms with E-state index in [1.165, 1.54) is 0 Å². The molecule has 0 unspecified atom stereocenters. The number of benzene rings is 2. The maximum absolute atomic E-state index is 12.1. The van der Waals surface area contributed by atoms with Gasteiger partial charge in [-0.25, -0.2) is 4.98 Å². The topological polar surface area (TPSA) is 72.9 Å². The minimum absolute atomic E-state index is 0.0846. The van der Waals surface area contributed by atoms with E-state index in [1.54, 1.807) is 6.33 Å². The highest BCUT2D eigenvalue weighted by atomic mass is 16.1. The van der Waals surface area contributed by atoms with Crippen molar-refractivity contribution in [3.63, 3.8) is 0 Å². The molecule has 106 valence electrons. The van der Waals surface area contributed by atoms with E-state index in [0.29, 0.717) is 6.54 Å². The third kappa shape index (κ3) is 2.93. The average molecular weight is 280 g/mol. The number of imidazole rings is 1. The molecule has 5 heteroatoms. The summed E-state index contributed by atoms with van der Waals surface area (Å²) in [6.45, 7) is 0.731. The number of hydrogen-bond acceptors (Lipinski definition) is 3. The number of para-hydroxylation sites is 2. The van der Waals surface area contributed by atoms with Gasteiger partial charge >= 0.3 is 0 Å². The van der Waals surface area contributed by atoms with Crippen molar-refractivity contribution in [3.05, 3.63) is 60.4 Å². The SMILES string of the molecule is NCc1ccc(NC(=O)Cn2cnc3ccccc32)cc1. The Morgan fingerprint density at radius 2 is 1.90 bits per heavy atom. The fourth-order valence-corrected chi connectivity index (χ4v) is 2.22. The van der Waals surface area contributed by atoms with Gasteiger partial charge in [-0.05, 0) is 29.8 Å². The lowest BCUT2D eigenvalue weighted by Crippen LogP contribution is -2.18. The molecule has 0 spiro atoms. The minimum Gasteiger partial charge on any atom is -0.326 e. The lowest BCUT2D eigenvalue weighted by Gasteiger charge is -2.07. The summed E-state index contributed by atoms with van der Waals surface area (Å²) < 4.78 is 1.83. The molecule has 0 aliphatic rings. The Labute approximate surface area is 122 Å². The summed E-state index contributed by atoms with van der Waals surface area (Å²) in [7, 11) is 0. The molecule has 0 fully saturated rings. The number of nitrogens with two attached hydrogens (primary N) is 1. The van der Waals surface area contributed by atoms with Crippen molar-refractivity contribution in [2.24, 2.45) is 5.73 Å². The van der Waals surface area contributed by atoms with Crippen LogP contribution in [0.15, 0.2) is 54.9 Å². The number of fused-ring (bicyclic) bond motifs is 1. The Morgan fingerprint density at radius 3 is 2.67 bits per heavy atom. The second-order valence-electron chi connectivity index (χ2n) is 4.81. The number of hydrogen-bond donors (Lipinski definition) is 2. The van der Waals surface area contributed by atoms with Crippen molar-refractivity contribution in [2.75, 3.05) is 5.32 Å². The maximum atomic E-state index is 12.1. The number of amides is 1. The van der Waals surface area contributed by atoms with E-state index in [0.717, 1.165) is 22.3 Å². The van der Waals surface area contributed by atoms with E-state index in [2.05, 4.69) is 10.3 Å². The normalized spacial score (nSPS) is 10.7. The first kappa shape index (κ1) is 13.3. The third-order valence-electron chi connectivity index (χ3n) is 3.31. The lowest BCUT2D eigenvalue weighted by molar-refractivity contribution is -0.116. The highest BCUT2D eigenvalue weighted by Crippen LogP contribution is 2.13. The number of aromatic nitrogens is 2. The zero-order chi connectivity index (χ0) is 14.7. The number of nitrogens with one attached hydrogen (secondary N) is 1. The lowest BCUT2D eigenvalue weighted by atomic mass is 10.2. The molecular weight excluding hydrogens is 264 g/mol. The number of anilines is 1. The van der Waals surface area contributed by atoms with Gasteiger partial charge < -0.3 is 15.6 Å². The molecule has 1 aromatic heterocycles. The van der Waals surface area contributed by atoms with E-state index < -0.39 is 0 Å². The molecule has 5 nitrogen and oxygen atoms in total. The van der Waals surface area contributed by atoms with Crippen LogP contribution in [-0.2, 0) is 17.9 Å². The zero-order valence-electron chi connectivity index (χ0n) is 11.5. The number of carbonyl (C=O) groups excluding carboxylic acids is 1. The van der Waals surface area contributed by atoms with Gasteiger partial charge in [0, 0.05) is 12.2 Å². The van der Waals surface area contributed by atoms with Crippen LogP contribution in [0.25, 0.3) is 11.0 Å². The summed E-state index contributed by atoms with van der Waals surface area (Å²) in [5, 5.41) is 2.87. The summed E-state index contributed by atoms with van der Waals surface area (Å²) >= 11 is 0. The first-order valence-electron chi connectivity index (χ1n) is 6.75. The molecule has 0 aliphatic heterocycles. The Hall–Kier alpha value is -2.66. The molecule has 1 heterocycles. The van der Waals surface area contributed by atoms with Gasteiger partial charge in [0.25, 0.3) is 0 Å². The van der Waals surface area contributed by atoms with Crippen LogP contribution in [-0.4, -0.2) is 15.5 Å². The molecule has 0 saturated heterocycles. The van der Waals surface area contributed by atoms with Gasteiger partial charge in [0.05, 0.1) is 17.4 Å². The molecule has 3 rings (SSSR count). The van der Waals surface area contributed by atoms with Crippen LogP contribution in [0.5, 0.6) is 0 Å². The van der Waals surface area contributed by atoms with E-state index >= 15 is 0 Å². The van der Waals surface area contributed by atoms with Crippen LogP contribution in [0, 0.1) is 0 Å². The van der Waals surface area contributed by atoms with Crippen LogP contribution in [0.2, 0.25) is 0 Å². The molecule has 0 aliphatic carbocycles. The predicted octanol–water partition coefficient (Wildman–Crippen LogP) is 2.13. The van der Waals surface area contributed by atoms with Crippen molar-refractivity contribution in [3.8, 4) is 0 Å². The van der Waals surface area contributed by atoms with Crippen LogP contribution in [0.3, 0.4) is 0 Å². The van der Waals surface area contributed by atoms with Gasteiger partial charge in [0.15, 0.2) is 0 Å². The van der Waals surface area contributed by atoms with E-state index in [1.807, 2.05) is 53.1 Å². The van der Waals surface area contributed by atoms with E-state index in [9.17, 15) is 4.79 Å². The molecule has 0 bridgehead atoms.